The zero-order valence-corrected chi connectivity index (χ0v) is 17.6. The van der Waals surface area contributed by atoms with Gasteiger partial charge in [0.2, 0.25) is 0 Å². The molecule has 1 fully saturated rings. The van der Waals surface area contributed by atoms with Crippen molar-refractivity contribution in [3.8, 4) is 0 Å². The van der Waals surface area contributed by atoms with Crippen LogP contribution < -0.4 is 4.67 Å². The van der Waals surface area contributed by atoms with Crippen LogP contribution in [0.1, 0.15) is 0 Å². The van der Waals surface area contributed by atoms with Crippen molar-refractivity contribution in [2.24, 2.45) is 0 Å². The zero-order valence-electron chi connectivity index (χ0n) is 15.9. The van der Waals surface area contributed by atoms with E-state index in [1.165, 1.54) is 21.5 Å². The first-order valence-electron chi connectivity index (χ1n) is 9.91. The molecule has 0 bridgehead atoms. The van der Waals surface area contributed by atoms with Crippen LogP contribution in [-0.4, -0.2) is 24.6 Å². The van der Waals surface area contributed by atoms with E-state index in [1.54, 1.807) is 0 Å². The third-order valence-corrected chi connectivity index (χ3v) is 8.11. The van der Waals surface area contributed by atoms with Gasteiger partial charge in [-0.25, -0.2) is 4.67 Å². The molecule has 144 valence electrons. The van der Waals surface area contributed by atoms with Crippen LogP contribution in [0.2, 0.25) is 0 Å². The first-order valence-corrected chi connectivity index (χ1v) is 12.2. The number of benzene rings is 4. The number of hydrogen-bond acceptors (Lipinski definition) is 4. The van der Waals surface area contributed by atoms with Crippen LogP contribution in [0.5, 0.6) is 0 Å². The fourth-order valence-corrected chi connectivity index (χ4v) is 6.80. The Labute approximate surface area is 173 Å². The lowest BCUT2D eigenvalue weighted by Crippen LogP contribution is -2.29. The van der Waals surface area contributed by atoms with Crippen LogP contribution >= 0.6 is 19.9 Å². The van der Waals surface area contributed by atoms with E-state index in [9.17, 15) is 0 Å². The molecule has 1 saturated heterocycles. The summed E-state index contributed by atoms with van der Waals surface area (Å²) in [7, 11) is -1.18. The molecule has 0 aliphatic carbocycles. The molecule has 4 aromatic carbocycles. The standard InChI is InChI=1S/C24H20NO2PS/c1-3-7-19-17(5-1)9-11-21-23(19)24-20-8-4-2-6-18(20)10-12-22(24)27-28(26-21)25-13-15-29-16-14-25/h1-12H,13-16H2. The monoisotopic (exact) mass is 417 g/mol. The van der Waals surface area contributed by atoms with E-state index in [-0.39, 0.29) is 0 Å². The van der Waals surface area contributed by atoms with Crippen molar-refractivity contribution >= 4 is 63.4 Å². The van der Waals surface area contributed by atoms with Gasteiger partial charge in [-0.15, -0.1) is 0 Å². The number of thioether (sulfide) groups is 1. The van der Waals surface area contributed by atoms with Crippen molar-refractivity contribution < 1.29 is 8.39 Å². The Bertz CT molecular complexity index is 1310. The van der Waals surface area contributed by atoms with Gasteiger partial charge >= 0.3 is 8.16 Å². The topological polar surface area (TPSA) is 29.5 Å². The third-order valence-electron chi connectivity index (χ3n) is 5.60. The average Bonchev–Trinajstić information content (AvgIpc) is 2.97. The molecule has 0 saturated carbocycles. The molecule has 0 atom stereocenters. The molecule has 29 heavy (non-hydrogen) atoms. The maximum absolute atomic E-state index is 6.60. The van der Waals surface area contributed by atoms with E-state index in [1.807, 2.05) is 11.8 Å². The fourth-order valence-electron chi connectivity index (χ4n) is 4.19. The Kier molecular flexibility index (Phi) is 4.30. The number of hydrogen-bond donors (Lipinski definition) is 0. The largest absolute Gasteiger partial charge is 0.408 e. The molecular weight excluding hydrogens is 397 g/mol. The second kappa shape index (κ2) is 7.14. The fraction of sp³-hybridized carbons (Fsp3) is 0.167. The van der Waals surface area contributed by atoms with Crippen LogP contribution in [0.15, 0.2) is 81.2 Å². The average molecular weight is 417 g/mol. The highest BCUT2D eigenvalue weighted by molar-refractivity contribution is 7.99. The summed E-state index contributed by atoms with van der Waals surface area (Å²) in [5.41, 5.74) is 1.84. The molecule has 1 aliphatic rings. The minimum Gasteiger partial charge on any atom is -0.408 e. The van der Waals surface area contributed by atoms with E-state index in [0.29, 0.717) is 0 Å². The van der Waals surface area contributed by atoms with Crippen molar-refractivity contribution in [2.45, 2.75) is 0 Å². The Balaban J connectivity index is 1.84. The van der Waals surface area contributed by atoms with Crippen molar-refractivity contribution in [1.29, 1.82) is 0 Å². The Morgan fingerprint density at radius 2 is 1.17 bits per heavy atom. The molecule has 1 aromatic heterocycles. The first kappa shape index (κ1) is 17.5. The summed E-state index contributed by atoms with van der Waals surface area (Å²) < 4.78 is 15.6. The lowest BCUT2D eigenvalue weighted by Gasteiger charge is -2.22. The minimum atomic E-state index is -1.18. The number of nitrogens with zero attached hydrogens (tertiary/aromatic N) is 1. The molecule has 0 radical (unpaired) electrons. The maximum atomic E-state index is 6.60. The van der Waals surface area contributed by atoms with Gasteiger partial charge in [-0.3, -0.25) is 0 Å². The van der Waals surface area contributed by atoms with Gasteiger partial charge in [0.05, 0.1) is 0 Å². The zero-order chi connectivity index (χ0) is 19.2. The summed E-state index contributed by atoms with van der Waals surface area (Å²) in [5.74, 6) is 2.25. The van der Waals surface area contributed by atoms with Gasteiger partial charge in [0.15, 0.2) is 0 Å². The second-order valence-electron chi connectivity index (χ2n) is 7.31. The van der Waals surface area contributed by atoms with E-state index in [4.69, 9.17) is 8.39 Å². The van der Waals surface area contributed by atoms with Crippen LogP contribution in [0.25, 0.3) is 43.5 Å². The molecule has 0 N–H and O–H groups in total. The normalized spacial score (nSPS) is 15.4. The van der Waals surface area contributed by atoms with Gasteiger partial charge in [-0.05, 0) is 33.7 Å². The molecule has 5 heteroatoms. The summed E-state index contributed by atoms with van der Waals surface area (Å²) >= 11 is 2.00. The van der Waals surface area contributed by atoms with Crippen LogP contribution in [0, 0.1) is 0 Å². The highest BCUT2D eigenvalue weighted by atomic mass is 32.2. The van der Waals surface area contributed by atoms with Gasteiger partial charge in [0.1, 0.15) is 11.2 Å². The van der Waals surface area contributed by atoms with Crippen LogP contribution in [-0.2, 0) is 0 Å². The second-order valence-corrected chi connectivity index (χ2v) is 9.94. The quantitative estimate of drug-likeness (QED) is 0.287. The van der Waals surface area contributed by atoms with Gasteiger partial charge in [0, 0.05) is 35.4 Å². The predicted molar refractivity (Wildman–Crippen MR) is 127 cm³/mol. The summed E-state index contributed by atoms with van der Waals surface area (Å²) in [4.78, 5) is 0. The molecule has 0 unspecified atom stereocenters. The predicted octanol–water partition coefficient (Wildman–Crippen LogP) is 7.28. The van der Waals surface area contributed by atoms with E-state index < -0.39 is 8.16 Å². The Morgan fingerprint density at radius 1 is 0.655 bits per heavy atom. The SMILES string of the molecule is c1ccc2c(c1)ccc1op(N3CCSCC3)oc3ccc4ccccc4c3c12. The smallest absolute Gasteiger partial charge is 0.309 e. The lowest BCUT2D eigenvalue weighted by molar-refractivity contribution is 0.624. The molecule has 1 aliphatic heterocycles. The van der Waals surface area contributed by atoms with E-state index in [0.717, 1.165) is 46.5 Å². The third kappa shape index (κ3) is 2.95. The van der Waals surface area contributed by atoms with Crippen LogP contribution in [0.3, 0.4) is 0 Å². The van der Waals surface area contributed by atoms with Gasteiger partial charge in [0.25, 0.3) is 0 Å². The van der Waals surface area contributed by atoms with Crippen molar-refractivity contribution in [2.75, 3.05) is 29.3 Å². The van der Waals surface area contributed by atoms with Crippen molar-refractivity contribution in [3.63, 3.8) is 0 Å². The number of fused-ring (bicyclic) bond motifs is 7. The van der Waals surface area contributed by atoms with Gasteiger partial charge in [-0.2, -0.15) is 11.8 Å². The van der Waals surface area contributed by atoms with Gasteiger partial charge < -0.3 is 8.39 Å². The van der Waals surface area contributed by atoms with E-state index >= 15 is 0 Å². The van der Waals surface area contributed by atoms with Crippen LogP contribution in [0.4, 0.5) is 0 Å². The number of rotatable bonds is 1. The van der Waals surface area contributed by atoms with Crippen molar-refractivity contribution in [3.05, 3.63) is 72.8 Å². The summed E-state index contributed by atoms with van der Waals surface area (Å²) in [6.45, 7) is 2.00. The molecule has 5 aromatic rings. The van der Waals surface area contributed by atoms with E-state index in [2.05, 4.69) is 77.5 Å². The molecule has 0 amide bonds. The van der Waals surface area contributed by atoms with Crippen molar-refractivity contribution in [1.82, 2.24) is 0 Å². The molecule has 3 nitrogen and oxygen atoms in total. The molecular formula is C24H20NO2PS. The highest BCUT2D eigenvalue weighted by Crippen LogP contribution is 2.42. The highest BCUT2D eigenvalue weighted by Gasteiger charge is 2.19. The Hall–Kier alpha value is -2.39. The van der Waals surface area contributed by atoms with Gasteiger partial charge in [-0.1, -0.05) is 60.7 Å². The molecule has 6 rings (SSSR count). The lowest BCUT2D eigenvalue weighted by atomic mass is 9.99. The first-order chi connectivity index (χ1) is 14.4. The minimum absolute atomic E-state index is 0.920. The molecule has 0 spiro atoms. The summed E-state index contributed by atoms with van der Waals surface area (Å²) in [5, 5.41) is 7.13. The summed E-state index contributed by atoms with van der Waals surface area (Å²) in [6.07, 6.45) is 0. The summed E-state index contributed by atoms with van der Waals surface area (Å²) in [6, 6.07) is 25.6. The Morgan fingerprint density at radius 3 is 1.72 bits per heavy atom. The molecule has 2 heterocycles. The maximum Gasteiger partial charge on any atom is 0.309 e.